The van der Waals surface area contributed by atoms with Gasteiger partial charge >= 0.3 is 5.97 Å². The van der Waals surface area contributed by atoms with Crippen molar-refractivity contribution in [1.82, 2.24) is 9.97 Å². The molecule has 168 valence electrons. The Balaban J connectivity index is 1.50. The first-order chi connectivity index (χ1) is 16.4. The summed E-state index contributed by atoms with van der Waals surface area (Å²) in [5.41, 5.74) is 5.13. The van der Waals surface area contributed by atoms with E-state index in [0.29, 0.717) is 16.8 Å². The molecule has 0 saturated heterocycles. The van der Waals surface area contributed by atoms with Gasteiger partial charge in [0.05, 0.1) is 18.1 Å². The van der Waals surface area contributed by atoms with Crippen molar-refractivity contribution in [2.75, 3.05) is 0 Å². The summed E-state index contributed by atoms with van der Waals surface area (Å²) < 4.78 is 5.37. The van der Waals surface area contributed by atoms with E-state index in [2.05, 4.69) is 16.0 Å². The van der Waals surface area contributed by atoms with Gasteiger partial charge in [0, 0.05) is 36.7 Å². The summed E-state index contributed by atoms with van der Waals surface area (Å²) >= 11 is 0. The molecule has 0 unspecified atom stereocenters. The summed E-state index contributed by atoms with van der Waals surface area (Å²) in [6.45, 7) is 1.36. The first-order valence-corrected chi connectivity index (χ1v) is 10.7. The first kappa shape index (κ1) is 22.6. The van der Waals surface area contributed by atoms with Crippen LogP contribution in [0.5, 0.6) is 0 Å². The average molecular weight is 451 g/mol. The molecule has 0 bridgehead atoms. The molecular weight excluding hydrogens is 430 g/mol. The lowest BCUT2D eigenvalue weighted by Crippen LogP contribution is -2.12. The zero-order valence-electron chi connectivity index (χ0n) is 18.5. The molecule has 0 aliphatic rings. The predicted octanol–water partition coefficient (Wildman–Crippen LogP) is 4.09. The number of fused-ring (bicyclic) bond motifs is 1. The van der Waals surface area contributed by atoms with Crippen LogP contribution in [0, 0.1) is 11.3 Å². The Hall–Kier alpha value is -4.57. The van der Waals surface area contributed by atoms with Crippen LogP contribution in [0.15, 0.2) is 67.0 Å². The Kier molecular flexibility index (Phi) is 6.60. The van der Waals surface area contributed by atoms with E-state index in [4.69, 9.17) is 10.00 Å². The number of H-pyrrole nitrogens is 1. The molecule has 34 heavy (non-hydrogen) atoms. The van der Waals surface area contributed by atoms with E-state index in [1.54, 1.807) is 30.5 Å². The average Bonchev–Trinajstić information content (AvgIpc) is 3.26. The minimum Gasteiger partial charge on any atom is -0.461 e. The minimum atomic E-state index is -0.462. The number of esters is 1. The quantitative estimate of drug-likeness (QED) is 0.319. The number of ketones is 2. The van der Waals surface area contributed by atoms with Crippen molar-refractivity contribution >= 4 is 28.6 Å². The fraction of sp³-hybridized carbons (Fsp3) is 0.148. The lowest BCUT2D eigenvalue weighted by atomic mass is 9.99. The lowest BCUT2D eigenvalue weighted by molar-refractivity contribution is -0.144. The molecule has 0 saturated carbocycles. The molecule has 0 amide bonds. The maximum atomic E-state index is 12.4. The highest BCUT2D eigenvalue weighted by molar-refractivity contribution is 6.36. The van der Waals surface area contributed by atoms with Crippen molar-refractivity contribution in [2.45, 2.75) is 26.4 Å². The topological polar surface area (TPSA) is 113 Å². The van der Waals surface area contributed by atoms with Crippen LogP contribution in [0.2, 0.25) is 0 Å². The van der Waals surface area contributed by atoms with Crippen molar-refractivity contribution in [3.63, 3.8) is 0 Å². The maximum Gasteiger partial charge on any atom is 0.310 e. The van der Waals surface area contributed by atoms with Crippen LogP contribution in [0.4, 0.5) is 0 Å². The van der Waals surface area contributed by atoms with E-state index in [9.17, 15) is 14.4 Å². The van der Waals surface area contributed by atoms with Gasteiger partial charge < -0.3 is 9.72 Å². The van der Waals surface area contributed by atoms with Gasteiger partial charge in [0.15, 0.2) is 5.78 Å². The summed E-state index contributed by atoms with van der Waals surface area (Å²) in [5, 5.41) is 9.82. The number of ether oxygens (including phenoxy) is 1. The van der Waals surface area contributed by atoms with Gasteiger partial charge in [-0.15, -0.1) is 0 Å². The standard InChI is InChI=1S/C27H21N3O4/c1-17(31)25(32)11-18-4-3-7-22(9-18)24-15-30-27-23(24)10-21(14-29-27)12-26(33)34-16-20-6-2-5-19(8-20)13-28/h2-10,14-15H,11-12,16H2,1H3,(H,29,30). The molecule has 7 heteroatoms. The van der Waals surface area contributed by atoms with Crippen LogP contribution in [-0.2, 0) is 38.6 Å². The Morgan fingerprint density at radius 3 is 2.59 bits per heavy atom. The lowest BCUT2D eigenvalue weighted by Gasteiger charge is -2.07. The summed E-state index contributed by atoms with van der Waals surface area (Å²) in [6, 6.07) is 18.3. The zero-order valence-corrected chi connectivity index (χ0v) is 18.5. The molecule has 4 aromatic rings. The van der Waals surface area contributed by atoms with Gasteiger partial charge in [-0.05, 0) is 40.5 Å². The number of carbonyl (C=O) groups is 3. The molecular formula is C27H21N3O4. The minimum absolute atomic E-state index is 0.0537. The SMILES string of the molecule is CC(=O)C(=O)Cc1cccc(-c2c[nH]c3ncc(CC(=O)OCc4cccc(C#N)c4)cc23)c1. The van der Waals surface area contributed by atoms with Gasteiger partial charge in [-0.1, -0.05) is 36.4 Å². The highest BCUT2D eigenvalue weighted by Crippen LogP contribution is 2.29. The number of pyridine rings is 1. The highest BCUT2D eigenvalue weighted by atomic mass is 16.5. The van der Waals surface area contributed by atoms with Gasteiger partial charge in [-0.3, -0.25) is 14.4 Å². The molecule has 0 radical (unpaired) electrons. The Labute approximate surface area is 196 Å². The number of hydrogen-bond donors (Lipinski definition) is 1. The molecule has 7 nitrogen and oxygen atoms in total. The third-order valence-corrected chi connectivity index (χ3v) is 5.39. The molecule has 0 spiro atoms. The second kappa shape index (κ2) is 9.92. The number of benzene rings is 2. The third kappa shape index (κ3) is 5.25. The number of aromatic nitrogens is 2. The Morgan fingerprint density at radius 1 is 1.00 bits per heavy atom. The molecule has 0 fully saturated rings. The van der Waals surface area contributed by atoms with Crippen LogP contribution in [0.3, 0.4) is 0 Å². The molecule has 0 atom stereocenters. The van der Waals surface area contributed by atoms with Crippen LogP contribution < -0.4 is 0 Å². The first-order valence-electron chi connectivity index (χ1n) is 10.7. The number of nitrogens with one attached hydrogen (secondary N) is 1. The fourth-order valence-electron chi connectivity index (χ4n) is 3.65. The number of carbonyl (C=O) groups excluding carboxylic acids is 3. The van der Waals surface area contributed by atoms with Crippen LogP contribution in [0.1, 0.15) is 29.2 Å². The number of aromatic amines is 1. The van der Waals surface area contributed by atoms with Crippen molar-refractivity contribution in [1.29, 1.82) is 5.26 Å². The second-order valence-corrected chi connectivity index (χ2v) is 7.95. The molecule has 0 aliphatic heterocycles. The van der Waals surface area contributed by atoms with Gasteiger partial charge in [-0.25, -0.2) is 4.98 Å². The summed E-state index contributed by atoms with van der Waals surface area (Å²) in [7, 11) is 0. The molecule has 0 aliphatic carbocycles. The number of nitrogens with zero attached hydrogens (tertiary/aromatic N) is 2. The van der Waals surface area contributed by atoms with Gasteiger partial charge in [0.25, 0.3) is 0 Å². The van der Waals surface area contributed by atoms with E-state index in [-0.39, 0.29) is 19.4 Å². The zero-order chi connectivity index (χ0) is 24.1. The van der Waals surface area contributed by atoms with Crippen LogP contribution in [-0.4, -0.2) is 27.5 Å². The molecule has 4 rings (SSSR count). The number of hydrogen-bond acceptors (Lipinski definition) is 6. The Morgan fingerprint density at radius 2 is 1.79 bits per heavy atom. The molecule has 1 N–H and O–H groups in total. The van der Waals surface area contributed by atoms with Crippen molar-refractivity contribution < 1.29 is 19.1 Å². The second-order valence-electron chi connectivity index (χ2n) is 7.95. The predicted molar refractivity (Wildman–Crippen MR) is 126 cm³/mol. The van der Waals surface area contributed by atoms with E-state index in [1.165, 1.54) is 6.92 Å². The summed E-state index contributed by atoms with van der Waals surface area (Å²) in [5.74, 6) is -1.29. The fourth-order valence-corrected chi connectivity index (χ4v) is 3.65. The van der Waals surface area contributed by atoms with Crippen molar-refractivity contribution in [3.8, 4) is 17.2 Å². The molecule has 2 aromatic heterocycles. The van der Waals surface area contributed by atoms with Crippen molar-refractivity contribution in [3.05, 3.63) is 89.2 Å². The van der Waals surface area contributed by atoms with E-state index < -0.39 is 17.5 Å². The monoisotopic (exact) mass is 451 g/mol. The summed E-state index contributed by atoms with van der Waals surface area (Å²) in [6.07, 6.45) is 3.56. The number of rotatable bonds is 8. The highest BCUT2D eigenvalue weighted by Gasteiger charge is 2.13. The molecule has 2 aromatic carbocycles. The number of nitriles is 1. The summed E-state index contributed by atoms with van der Waals surface area (Å²) in [4.78, 5) is 43.1. The van der Waals surface area contributed by atoms with Gasteiger partial charge in [0.2, 0.25) is 5.78 Å². The third-order valence-electron chi connectivity index (χ3n) is 5.39. The maximum absolute atomic E-state index is 12.4. The largest absolute Gasteiger partial charge is 0.461 e. The molecule has 2 heterocycles. The smallest absolute Gasteiger partial charge is 0.310 e. The normalized spacial score (nSPS) is 10.6. The Bertz CT molecular complexity index is 1450. The van der Waals surface area contributed by atoms with E-state index in [0.717, 1.165) is 27.6 Å². The van der Waals surface area contributed by atoms with Crippen molar-refractivity contribution in [2.24, 2.45) is 0 Å². The van der Waals surface area contributed by atoms with Gasteiger partial charge in [-0.2, -0.15) is 5.26 Å². The van der Waals surface area contributed by atoms with Gasteiger partial charge in [0.1, 0.15) is 12.3 Å². The van der Waals surface area contributed by atoms with E-state index >= 15 is 0 Å². The van der Waals surface area contributed by atoms with E-state index in [1.807, 2.05) is 36.5 Å². The van der Waals surface area contributed by atoms with Crippen LogP contribution in [0.25, 0.3) is 22.2 Å². The van der Waals surface area contributed by atoms with Crippen LogP contribution >= 0.6 is 0 Å². The number of Topliss-reactive ketones (excluding diaryl/α,β-unsaturated/α-hetero) is 2.